The number of fused-ring (bicyclic) bond motifs is 1. The number of hydrogen-bond acceptors (Lipinski definition) is 4. The monoisotopic (exact) mass is 427 g/mol. The van der Waals surface area contributed by atoms with Crippen molar-refractivity contribution in [1.82, 2.24) is 0 Å². The molecular formula is C22H18FNO3S2. The minimum absolute atomic E-state index is 0.183. The van der Waals surface area contributed by atoms with Crippen molar-refractivity contribution in [3.8, 4) is 0 Å². The van der Waals surface area contributed by atoms with Gasteiger partial charge in [-0.1, -0.05) is 48.0 Å². The molecule has 1 N–H and O–H groups in total. The summed E-state index contributed by atoms with van der Waals surface area (Å²) < 4.78 is 47.4. The number of para-hydroxylation sites is 1. The number of aryl methyl sites for hydroxylation is 1. The molecule has 0 bridgehead atoms. The summed E-state index contributed by atoms with van der Waals surface area (Å²) in [6.07, 6.45) is 0. The van der Waals surface area contributed by atoms with E-state index in [2.05, 4.69) is 10.8 Å². The summed E-state index contributed by atoms with van der Waals surface area (Å²) in [7, 11) is -4.00. The van der Waals surface area contributed by atoms with E-state index in [0.717, 1.165) is 11.1 Å². The van der Waals surface area contributed by atoms with Gasteiger partial charge in [-0.25, -0.2) is 4.39 Å². The maximum Gasteiger partial charge on any atom is 0.295 e. The van der Waals surface area contributed by atoms with E-state index in [4.69, 9.17) is 4.42 Å². The number of anilines is 1. The van der Waals surface area contributed by atoms with Gasteiger partial charge in [0.2, 0.25) is 5.09 Å². The number of nitrogens with one attached hydrogen (secondary N) is 1. The van der Waals surface area contributed by atoms with Gasteiger partial charge in [-0.05, 0) is 36.8 Å². The molecule has 0 radical (unpaired) electrons. The van der Waals surface area contributed by atoms with E-state index >= 15 is 0 Å². The van der Waals surface area contributed by atoms with Crippen LogP contribution in [-0.2, 0) is 15.8 Å². The highest BCUT2D eigenvalue weighted by Gasteiger charge is 2.21. The Kier molecular flexibility index (Phi) is 5.34. The van der Waals surface area contributed by atoms with Crippen molar-refractivity contribution in [2.45, 2.75) is 22.7 Å². The van der Waals surface area contributed by atoms with Gasteiger partial charge >= 0.3 is 0 Å². The zero-order valence-electron chi connectivity index (χ0n) is 15.6. The second-order valence-electron chi connectivity index (χ2n) is 6.63. The molecule has 4 aromatic rings. The molecule has 0 aliphatic carbocycles. The third-order valence-corrected chi connectivity index (χ3v) is 6.69. The van der Waals surface area contributed by atoms with Crippen LogP contribution in [0.5, 0.6) is 0 Å². The van der Waals surface area contributed by atoms with E-state index in [1.54, 1.807) is 30.3 Å². The summed E-state index contributed by atoms with van der Waals surface area (Å²) in [6, 6.07) is 20.6. The summed E-state index contributed by atoms with van der Waals surface area (Å²) in [5.41, 5.74) is 2.91. The van der Waals surface area contributed by atoms with Crippen LogP contribution in [-0.4, -0.2) is 8.42 Å². The number of thioether (sulfide) groups is 1. The van der Waals surface area contributed by atoms with E-state index in [0.29, 0.717) is 21.6 Å². The molecule has 7 heteroatoms. The Bertz CT molecular complexity index is 1250. The lowest BCUT2D eigenvalue weighted by molar-refractivity contribution is 0.484. The standard InChI is InChI=1S/C22H18FNO3S2/c1-15-5-4-6-16(11-15)14-28-21-10-9-18(23)13-19(21)24-29(25,26)22-12-17-7-2-3-8-20(17)27-22/h2-13,24H,14H2,1H3. The highest BCUT2D eigenvalue weighted by molar-refractivity contribution is 7.98. The fourth-order valence-electron chi connectivity index (χ4n) is 2.96. The van der Waals surface area contributed by atoms with Crippen molar-refractivity contribution in [3.63, 3.8) is 0 Å². The van der Waals surface area contributed by atoms with Gasteiger partial charge in [0.1, 0.15) is 11.4 Å². The van der Waals surface area contributed by atoms with E-state index in [1.807, 2.05) is 25.1 Å². The Labute approximate surface area is 172 Å². The summed E-state index contributed by atoms with van der Waals surface area (Å²) in [5.74, 6) is 0.111. The fourth-order valence-corrected chi connectivity index (χ4v) is 4.99. The molecule has 0 unspecified atom stereocenters. The van der Waals surface area contributed by atoms with E-state index in [1.165, 1.54) is 30.0 Å². The molecule has 148 valence electrons. The first-order valence-electron chi connectivity index (χ1n) is 8.90. The molecule has 0 amide bonds. The van der Waals surface area contributed by atoms with E-state index in [9.17, 15) is 12.8 Å². The van der Waals surface area contributed by atoms with Crippen LogP contribution in [0.3, 0.4) is 0 Å². The Hall–Kier alpha value is -2.77. The van der Waals surface area contributed by atoms with Crippen molar-refractivity contribution >= 4 is 38.4 Å². The van der Waals surface area contributed by atoms with Gasteiger partial charge in [0, 0.05) is 22.1 Å². The highest BCUT2D eigenvalue weighted by atomic mass is 32.2. The molecule has 0 saturated heterocycles. The molecule has 4 rings (SSSR count). The summed E-state index contributed by atoms with van der Waals surface area (Å²) in [4.78, 5) is 0.632. The number of furan rings is 1. The smallest absolute Gasteiger partial charge is 0.295 e. The maximum absolute atomic E-state index is 13.8. The normalized spacial score (nSPS) is 11.7. The topological polar surface area (TPSA) is 59.3 Å². The predicted octanol–water partition coefficient (Wildman–Crippen LogP) is 5.97. The average Bonchev–Trinajstić information content (AvgIpc) is 3.12. The Morgan fingerprint density at radius 1 is 1.00 bits per heavy atom. The zero-order chi connectivity index (χ0) is 20.4. The number of benzene rings is 3. The van der Waals surface area contributed by atoms with E-state index in [-0.39, 0.29) is 10.8 Å². The number of rotatable bonds is 6. The zero-order valence-corrected chi connectivity index (χ0v) is 17.2. The molecule has 0 atom stereocenters. The van der Waals surface area contributed by atoms with Crippen LogP contribution >= 0.6 is 11.8 Å². The lowest BCUT2D eigenvalue weighted by Crippen LogP contribution is -2.13. The van der Waals surface area contributed by atoms with Gasteiger partial charge in [0.15, 0.2) is 0 Å². The molecule has 0 aliphatic rings. The molecule has 0 aliphatic heterocycles. The largest absolute Gasteiger partial charge is 0.443 e. The molecule has 3 aromatic carbocycles. The minimum atomic E-state index is -4.00. The third kappa shape index (κ3) is 4.46. The van der Waals surface area contributed by atoms with Crippen molar-refractivity contribution in [1.29, 1.82) is 0 Å². The van der Waals surface area contributed by atoms with Gasteiger partial charge < -0.3 is 4.42 Å². The molecule has 4 nitrogen and oxygen atoms in total. The van der Waals surface area contributed by atoms with Crippen molar-refractivity contribution < 1.29 is 17.2 Å². The summed E-state index contributed by atoms with van der Waals surface area (Å²) >= 11 is 1.43. The molecule has 29 heavy (non-hydrogen) atoms. The Morgan fingerprint density at radius 3 is 2.62 bits per heavy atom. The number of sulfonamides is 1. The number of halogens is 1. The van der Waals surface area contributed by atoms with Crippen LogP contribution < -0.4 is 4.72 Å². The van der Waals surface area contributed by atoms with Gasteiger partial charge in [0.05, 0.1) is 5.69 Å². The SMILES string of the molecule is Cc1cccc(CSc2ccc(F)cc2NS(=O)(=O)c2cc3ccccc3o2)c1. The predicted molar refractivity (Wildman–Crippen MR) is 114 cm³/mol. The van der Waals surface area contributed by atoms with Crippen LogP contribution in [0.15, 0.2) is 87.2 Å². The molecule has 0 fully saturated rings. The first-order valence-corrected chi connectivity index (χ1v) is 11.4. The molecule has 0 saturated carbocycles. The highest BCUT2D eigenvalue weighted by Crippen LogP contribution is 2.33. The van der Waals surface area contributed by atoms with Crippen molar-refractivity contribution in [2.75, 3.05) is 4.72 Å². The Morgan fingerprint density at radius 2 is 1.83 bits per heavy atom. The van der Waals surface area contributed by atoms with Gasteiger partial charge in [-0.3, -0.25) is 4.72 Å². The number of hydrogen-bond donors (Lipinski definition) is 1. The summed E-state index contributed by atoms with van der Waals surface area (Å²) in [5, 5.41) is 0.471. The van der Waals surface area contributed by atoms with Crippen LogP contribution in [0.4, 0.5) is 10.1 Å². The average molecular weight is 428 g/mol. The molecular weight excluding hydrogens is 409 g/mol. The molecule has 1 aromatic heterocycles. The van der Waals surface area contributed by atoms with Gasteiger partial charge in [-0.2, -0.15) is 8.42 Å². The van der Waals surface area contributed by atoms with E-state index < -0.39 is 15.8 Å². The quantitative estimate of drug-likeness (QED) is 0.385. The van der Waals surface area contributed by atoms with Crippen LogP contribution in [0.2, 0.25) is 0 Å². The van der Waals surface area contributed by atoms with Crippen molar-refractivity contribution in [3.05, 3.63) is 89.7 Å². The lowest BCUT2D eigenvalue weighted by atomic mass is 10.2. The first kappa shape index (κ1) is 19.5. The van der Waals surface area contributed by atoms with Crippen LogP contribution in [0, 0.1) is 12.7 Å². The molecule has 0 spiro atoms. The molecule has 1 heterocycles. The van der Waals surface area contributed by atoms with Crippen LogP contribution in [0.25, 0.3) is 11.0 Å². The lowest BCUT2D eigenvalue weighted by Gasteiger charge is -2.12. The van der Waals surface area contributed by atoms with Gasteiger partial charge in [0.25, 0.3) is 10.0 Å². The summed E-state index contributed by atoms with van der Waals surface area (Å²) in [6.45, 7) is 2.01. The second kappa shape index (κ2) is 7.93. The minimum Gasteiger partial charge on any atom is -0.443 e. The second-order valence-corrected chi connectivity index (χ2v) is 9.26. The Balaban J connectivity index is 1.61. The fraction of sp³-hybridized carbons (Fsp3) is 0.0909. The third-order valence-electron chi connectivity index (χ3n) is 4.33. The van der Waals surface area contributed by atoms with Crippen molar-refractivity contribution in [2.24, 2.45) is 0 Å². The first-order chi connectivity index (χ1) is 13.9. The maximum atomic E-state index is 13.8. The van der Waals surface area contributed by atoms with Crippen LogP contribution in [0.1, 0.15) is 11.1 Å². The van der Waals surface area contributed by atoms with Gasteiger partial charge in [-0.15, -0.1) is 11.8 Å².